The monoisotopic (exact) mass is 120 g/mol. The van der Waals surface area contributed by atoms with E-state index >= 15 is 0 Å². The van der Waals surface area contributed by atoms with Crippen LogP contribution < -0.4 is 0 Å². The van der Waals surface area contributed by atoms with Gasteiger partial charge in [0.25, 0.3) is 0 Å². The quantitative estimate of drug-likeness (QED) is 0.500. The molecule has 0 amide bonds. The minimum absolute atomic E-state index is 0.296. The zero-order chi connectivity index (χ0) is 5.49. The minimum Gasteiger partial charge on any atom is -0.231 e. The van der Waals surface area contributed by atoms with Crippen LogP contribution in [-0.4, -0.2) is 13.2 Å². The average Bonchev–Trinajstić information content (AvgIpc) is 2.21. The second kappa shape index (κ2) is 1.22. The summed E-state index contributed by atoms with van der Waals surface area (Å²) in [4.78, 5) is 0. The SMILES string of the molecule is CC1([SH](=O)=O)CC1. The van der Waals surface area contributed by atoms with Crippen LogP contribution in [0, 0.1) is 0 Å². The Morgan fingerprint density at radius 2 is 1.86 bits per heavy atom. The lowest BCUT2D eigenvalue weighted by molar-refractivity contribution is 0.602. The highest BCUT2D eigenvalue weighted by Gasteiger charge is 2.40. The molecule has 42 valence electrons. The van der Waals surface area contributed by atoms with Gasteiger partial charge < -0.3 is 0 Å². The standard InChI is InChI=1S/C4H8O2S/c1-4(2-3-4)7(5)6/h7H,2-3H2,1H3. The predicted octanol–water partition coefficient (Wildman–Crippen LogP) is 0.150. The molecule has 0 aromatic heterocycles. The van der Waals surface area contributed by atoms with Crippen molar-refractivity contribution in [2.45, 2.75) is 24.5 Å². The maximum atomic E-state index is 10.1. The van der Waals surface area contributed by atoms with E-state index in [0.29, 0.717) is 0 Å². The normalized spacial score (nSPS) is 25.4. The van der Waals surface area contributed by atoms with E-state index in [0.717, 1.165) is 12.8 Å². The molecule has 2 nitrogen and oxygen atoms in total. The number of hydrogen-bond acceptors (Lipinski definition) is 2. The van der Waals surface area contributed by atoms with Gasteiger partial charge in [-0.3, -0.25) is 0 Å². The van der Waals surface area contributed by atoms with Crippen LogP contribution in [0.5, 0.6) is 0 Å². The Hall–Kier alpha value is -0.0500. The van der Waals surface area contributed by atoms with Crippen molar-refractivity contribution in [3.8, 4) is 0 Å². The van der Waals surface area contributed by atoms with Gasteiger partial charge in [-0.1, -0.05) is 0 Å². The summed E-state index contributed by atoms with van der Waals surface area (Å²) in [5.74, 6) is 0. The van der Waals surface area contributed by atoms with Crippen LogP contribution in [-0.2, 0) is 10.7 Å². The summed E-state index contributed by atoms with van der Waals surface area (Å²) < 4.78 is 19.9. The van der Waals surface area contributed by atoms with Gasteiger partial charge >= 0.3 is 0 Å². The summed E-state index contributed by atoms with van der Waals surface area (Å²) in [5.41, 5.74) is 0. The lowest BCUT2D eigenvalue weighted by Gasteiger charge is -1.88. The molecule has 1 saturated carbocycles. The van der Waals surface area contributed by atoms with Crippen LogP contribution >= 0.6 is 0 Å². The molecule has 7 heavy (non-hydrogen) atoms. The van der Waals surface area contributed by atoms with E-state index in [1.54, 1.807) is 6.92 Å². The summed E-state index contributed by atoms with van der Waals surface area (Å²) in [6, 6.07) is 0. The Kier molecular flexibility index (Phi) is 0.885. The molecule has 0 unspecified atom stereocenters. The first-order valence-corrected chi connectivity index (χ1v) is 3.47. The van der Waals surface area contributed by atoms with Crippen molar-refractivity contribution >= 4 is 10.7 Å². The molecule has 1 aliphatic carbocycles. The van der Waals surface area contributed by atoms with Gasteiger partial charge in [-0.15, -0.1) is 0 Å². The van der Waals surface area contributed by atoms with E-state index in [1.807, 2.05) is 0 Å². The summed E-state index contributed by atoms with van der Waals surface area (Å²) in [6.45, 7) is 1.78. The average molecular weight is 120 g/mol. The van der Waals surface area contributed by atoms with Gasteiger partial charge in [0.05, 0.1) is 4.75 Å². The van der Waals surface area contributed by atoms with E-state index in [1.165, 1.54) is 0 Å². The van der Waals surface area contributed by atoms with Crippen molar-refractivity contribution in [2.75, 3.05) is 0 Å². The molecule has 0 atom stereocenters. The Labute approximate surface area is 44.5 Å². The van der Waals surface area contributed by atoms with Crippen LogP contribution in [0.15, 0.2) is 0 Å². The molecular weight excluding hydrogens is 112 g/mol. The highest BCUT2D eigenvalue weighted by molar-refractivity contribution is 7.74. The zero-order valence-corrected chi connectivity index (χ0v) is 5.07. The van der Waals surface area contributed by atoms with Crippen LogP contribution in [0.1, 0.15) is 19.8 Å². The van der Waals surface area contributed by atoms with Gasteiger partial charge in [0.15, 0.2) is 0 Å². The highest BCUT2D eigenvalue weighted by atomic mass is 32.2. The smallest absolute Gasteiger partial charge is 0.145 e. The maximum Gasteiger partial charge on any atom is 0.145 e. The minimum atomic E-state index is -2.13. The van der Waals surface area contributed by atoms with E-state index in [9.17, 15) is 8.42 Å². The van der Waals surface area contributed by atoms with Crippen LogP contribution in [0.3, 0.4) is 0 Å². The Morgan fingerprint density at radius 1 is 1.43 bits per heavy atom. The first kappa shape index (κ1) is 5.09. The van der Waals surface area contributed by atoms with E-state index in [-0.39, 0.29) is 4.75 Å². The van der Waals surface area contributed by atoms with Gasteiger partial charge in [0.1, 0.15) is 10.7 Å². The van der Waals surface area contributed by atoms with Gasteiger partial charge in [-0.25, -0.2) is 8.42 Å². The second-order valence-electron chi connectivity index (χ2n) is 2.25. The van der Waals surface area contributed by atoms with Crippen LogP contribution in [0.2, 0.25) is 0 Å². The van der Waals surface area contributed by atoms with Crippen molar-refractivity contribution in [3.63, 3.8) is 0 Å². The van der Waals surface area contributed by atoms with Crippen molar-refractivity contribution < 1.29 is 8.42 Å². The van der Waals surface area contributed by atoms with Gasteiger partial charge in [0.2, 0.25) is 0 Å². The maximum absolute atomic E-state index is 10.1. The van der Waals surface area contributed by atoms with E-state index in [2.05, 4.69) is 0 Å². The zero-order valence-electron chi connectivity index (χ0n) is 4.18. The third kappa shape index (κ3) is 0.774. The fourth-order valence-electron chi connectivity index (χ4n) is 0.363. The number of hydrogen-bond donors (Lipinski definition) is 1. The molecule has 0 bridgehead atoms. The molecule has 0 N–H and O–H groups in total. The molecule has 1 aliphatic rings. The van der Waals surface area contributed by atoms with Crippen LogP contribution in [0.25, 0.3) is 0 Å². The lowest BCUT2D eigenvalue weighted by Crippen LogP contribution is -2.01. The van der Waals surface area contributed by atoms with Gasteiger partial charge in [-0.05, 0) is 19.8 Å². The topological polar surface area (TPSA) is 34.1 Å². The molecule has 0 aliphatic heterocycles. The number of thiol groups is 1. The summed E-state index contributed by atoms with van der Waals surface area (Å²) in [7, 11) is -2.13. The first-order chi connectivity index (χ1) is 3.15. The number of rotatable bonds is 1. The molecule has 1 fully saturated rings. The fourth-order valence-corrected chi connectivity index (χ4v) is 0.840. The molecule has 3 heteroatoms. The van der Waals surface area contributed by atoms with Crippen molar-refractivity contribution in [2.24, 2.45) is 0 Å². The summed E-state index contributed by atoms with van der Waals surface area (Å²) >= 11 is 0. The van der Waals surface area contributed by atoms with Crippen molar-refractivity contribution in [3.05, 3.63) is 0 Å². The molecule has 0 saturated heterocycles. The third-order valence-electron chi connectivity index (χ3n) is 1.41. The Morgan fingerprint density at radius 3 is 1.86 bits per heavy atom. The molecule has 0 radical (unpaired) electrons. The first-order valence-electron chi connectivity index (χ1n) is 2.30. The lowest BCUT2D eigenvalue weighted by atomic mass is 10.5. The fraction of sp³-hybridized carbons (Fsp3) is 1.00. The highest BCUT2D eigenvalue weighted by Crippen LogP contribution is 2.37. The van der Waals surface area contributed by atoms with E-state index < -0.39 is 10.7 Å². The molecule has 0 aromatic rings. The summed E-state index contributed by atoms with van der Waals surface area (Å²) in [6.07, 6.45) is 1.73. The molecular formula is C4H8O2S. The summed E-state index contributed by atoms with van der Waals surface area (Å²) in [5, 5.41) is 0. The predicted molar refractivity (Wildman–Crippen MR) is 28.0 cm³/mol. The van der Waals surface area contributed by atoms with E-state index in [4.69, 9.17) is 0 Å². The molecule has 0 spiro atoms. The van der Waals surface area contributed by atoms with Gasteiger partial charge in [-0.2, -0.15) is 0 Å². The Bertz CT molecular complexity index is 136. The van der Waals surface area contributed by atoms with Gasteiger partial charge in [0, 0.05) is 0 Å². The molecule has 0 heterocycles. The largest absolute Gasteiger partial charge is 0.231 e. The second-order valence-corrected chi connectivity index (χ2v) is 3.85. The molecule has 1 rings (SSSR count). The Balaban J connectivity index is 2.73. The van der Waals surface area contributed by atoms with Crippen molar-refractivity contribution in [1.82, 2.24) is 0 Å². The molecule has 0 aromatic carbocycles. The van der Waals surface area contributed by atoms with Crippen molar-refractivity contribution in [1.29, 1.82) is 0 Å². The third-order valence-corrected chi connectivity index (χ3v) is 2.74. The van der Waals surface area contributed by atoms with Crippen LogP contribution in [0.4, 0.5) is 0 Å².